The van der Waals surface area contributed by atoms with Crippen LogP contribution in [0.4, 0.5) is 5.69 Å². The van der Waals surface area contributed by atoms with Gasteiger partial charge in [-0.2, -0.15) is 0 Å². The predicted molar refractivity (Wildman–Crippen MR) is 139 cm³/mol. The van der Waals surface area contributed by atoms with Gasteiger partial charge in [-0.1, -0.05) is 52.0 Å². The molecule has 0 saturated carbocycles. The molecule has 34 heavy (non-hydrogen) atoms. The summed E-state index contributed by atoms with van der Waals surface area (Å²) in [5.41, 5.74) is 5.22. The molecule has 3 aromatic rings. The number of hydrogen-bond acceptors (Lipinski definition) is 4. The van der Waals surface area contributed by atoms with Gasteiger partial charge in [0.2, 0.25) is 5.91 Å². The van der Waals surface area contributed by atoms with E-state index in [9.17, 15) is 9.59 Å². The van der Waals surface area contributed by atoms with Gasteiger partial charge >= 0.3 is 5.97 Å². The van der Waals surface area contributed by atoms with Crippen molar-refractivity contribution in [2.24, 2.45) is 0 Å². The quantitative estimate of drug-likeness (QED) is 0.388. The first-order valence-electron chi connectivity index (χ1n) is 11.9. The number of hydrogen-bond donors (Lipinski definition) is 1. The summed E-state index contributed by atoms with van der Waals surface area (Å²) in [6.07, 6.45) is 3.26. The van der Waals surface area contributed by atoms with Gasteiger partial charge in [0.25, 0.3) is 0 Å². The first-order chi connectivity index (χ1) is 16.1. The Hall–Kier alpha value is -2.92. The zero-order valence-electron chi connectivity index (χ0n) is 20.4. The van der Waals surface area contributed by atoms with E-state index >= 15 is 0 Å². The van der Waals surface area contributed by atoms with Crippen LogP contribution in [0.1, 0.15) is 72.5 Å². The smallest absolute Gasteiger partial charge is 0.338 e. The van der Waals surface area contributed by atoms with E-state index in [1.807, 2.05) is 53.9 Å². The Bertz CT molecular complexity index is 1160. The number of anilines is 1. The molecular formula is C29H33NO3S. The zero-order valence-corrected chi connectivity index (χ0v) is 21.3. The van der Waals surface area contributed by atoms with Crippen LogP contribution in [0.15, 0.2) is 60.0 Å². The van der Waals surface area contributed by atoms with Crippen molar-refractivity contribution in [2.75, 3.05) is 11.9 Å². The van der Waals surface area contributed by atoms with Crippen molar-refractivity contribution >= 4 is 28.9 Å². The second kappa shape index (κ2) is 9.75. The Morgan fingerprint density at radius 2 is 1.65 bits per heavy atom. The van der Waals surface area contributed by atoms with E-state index in [0.717, 1.165) is 29.0 Å². The van der Waals surface area contributed by atoms with Gasteiger partial charge in [0.05, 0.1) is 18.6 Å². The summed E-state index contributed by atoms with van der Waals surface area (Å²) in [4.78, 5) is 25.9. The van der Waals surface area contributed by atoms with Crippen molar-refractivity contribution in [3.63, 3.8) is 0 Å². The molecule has 1 N–H and O–H groups in total. The Labute approximate surface area is 206 Å². The first kappa shape index (κ1) is 24.2. The number of carbonyl (C=O) groups excluding carboxylic acids is 2. The minimum Gasteiger partial charge on any atom is -0.462 e. The van der Waals surface area contributed by atoms with Crippen molar-refractivity contribution < 1.29 is 14.3 Å². The molecule has 2 aromatic carbocycles. The molecule has 0 radical (unpaired) electrons. The average Bonchev–Trinajstić information content (AvgIpc) is 3.31. The molecular weight excluding hydrogens is 442 g/mol. The fourth-order valence-corrected chi connectivity index (χ4v) is 5.30. The van der Waals surface area contributed by atoms with E-state index in [4.69, 9.17) is 4.74 Å². The van der Waals surface area contributed by atoms with Gasteiger partial charge in [-0.3, -0.25) is 4.79 Å². The maximum absolute atomic E-state index is 12.7. The lowest BCUT2D eigenvalue weighted by Gasteiger charge is -2.41. The van der Waals surface area contributed by atoms with Gasteiger partial charge in [0.1, 0.15) is 0 Å². The van der Waals surface area contributed by atoms with Gasteiger partial charge < -0.3 is 10.1 Å². The lowest BCUT2D eigenvalue weighted by molar-refractivity contribution is -0.115. The number of benzene rings is 2. The number of amides is 1. The number of carbonyl (C=O) groups is 2. The Balaban J connectivity index is 1.31. The standard InChI is InChI=1S/C29H33NO3S/c1-28(2)14-15-29(3,4)25-18-21(9-12-24(25)28)27(32)33-16-13-20-7-10-22(11-8-20)30-26(31)19-23-6-5-17-34-23/h5-12,17-18H,13-16,19H2,1-4H3,(H,30,31). The first-order valence-corrected chi connectivity index (χ1v) is 12.8. The molecule has 0 aliphatic heterocycles. The van der Waals surface area contributed by atoms with Gasteiger partial charge in [-0.05, 0) is 76.1 Å². The second-order valence-corrected chi connectivity index (χ2v) is 11.4. The molecule has 0 fully saturated rings. The topological polar surface area (TPSA) is 55.4 Å². The number of thiophene rings is 1. The molecule has 178 valence electrons. The van der Waals surface area contributed by atoms with Crippen molar-refractivity contribution in [3.05, 3.63) is 87.1 Å². The van der Waals surface area contributed by atoms with Crippen LogP contribution in [0.5, 0.6) is 0 Å². The van der Waals surface area contributed by atoms with Crippen molar-refractivity contribution in [1.82, 2.24) is 0 Å². The summed E-state index contributed by atoms with van der Waals surface area (Å²) < 4.78 is 5.59. The van der Waals surface area contributed by atoms with Crippen molar-refractivity contribution in [3.8, 4) is 0 Å². The maximum atomic E-state index is 12.7. The summed E-state index contributed by atoms with van der Waals surface area (Å²) in [5, 5.41) is 4.89. The number of fused-ring (bicyclic) bond motifs is 1. The molecule has 0 bridgehead atoms. The highest BCUT2D eigenvalue weighted by atomic mass is 32.1. The van der Waals surface area contributed by atoms with Crippen LogP contribution in [0.25, 0.3) is 0 Å². The van der Waals surface area contributed by atoms with E-state index < -0.39 is 0 Å². The largest absolute Gasteiger partial charge is 0.462 e. The molecule has 5 heteroatoms. The van der Waals surface area contributed by atoms with Crippen molar-refractivity contribution in [1.29, 1.82) is 0 Å². The summed E-state index contributed by atoms with van der Waals surface area (Å²) in [7, 11) is 0. The van der Waals surface area contributed by atoms with Crippen LogP contribution < -0.4 is 5.32 Å². The molecule has 1 heterocycles. The molecule has 0 unspecified atom stereocenters. The minimum atomic E-state index is -0.278. The van der Waals surface area contributed by atoms with E-state index in [-0.39, 0.29) is 22.7 Å². The van der Waals surface area contributed by atoms with E-state index in [0.29, 0.717) is 25.0 Å². The molecule has 0 spiro atoms. The number of ether oxygens (including phenoxy) is 1. The molecule has 4 rings (SSSR count). The highest BCUT2D eigenvalue weighted by molar-refractivity contribution is 7.10. The fourth-order valence-electron chi connectivity index (χ4n) is 4.59. The fraction of sp³-hybridized carbons (Fsp3) is 0.379. The van der Waals surface area contributed by atoms with Crippen LogP contribution in [0.2, 0.25) is 0 Å². The predicted octanol–water partition coefficient (Wildman–Crippen LogP) is 6.68. The van der Waals surface area contributed by atoms with Crippen molar-refractivity contribution in [2.45, 2.75) is 64.2 Å². The lowest BCUT2D eigenvalue weighted by atomic mass is 9.63. The number of esters is 1. The third-order valence-electron chi connectivity index (χ3n) is 6.86. The maximum Gasteiger partial charge on any atom is 0.338 e. The molecule has 0 atom stereocenters. The normalized spacial score (nSPS) is 15.9. The van der Waals surface area contributed by atoms with Gasteiger partial charge in [-0.25, -0.2) is 4.79 Å². The zero-order chi connectivity index (χ0) is 24.3. The Kier molecular flexibility index (Phi) is 6.94. The third kappa shape index (κ3) is 5.58. The lowest BCUT2D eigenvalue weighted by Crippen LogP contribution is -2.34. The summed E-state index contributed by atoms with van der Waals surface area (Å²) in [6, 6.07) is 17.6. The van der Waals surface area contributed by atoms with Crippen LogP contribution in [-0.4, -0.2) is 18.5 Å². The van der Waals surface area contributed by atoms with E-state index in [1.54, 1.807) is 11.3 Å². The van der Waals surface area contributed by atoms with Crippen LogP contribution >= 0.6 is 11.3 Å². The third-order valence-corrected chi connectivity index (χ3v) is 7.74. The Morgan fingerprint density at radius 3 is 2.32 bits per heavy atom. The summed E-state index contributed by atoms with van der Waals surface area (Å²) in [5.74, 6) is -0.305. The minimum absolute atomic E-state index is 0.0271. The van der Waals surface area contributed by atoms with Crippen LogP contribution in [-0.2, 0) is 33.2 Å². The van der Waals surface area contributed by atoms with E-state index in [2.05, 4.69) is 39.1 Å². The highest BCUT2D eigenvalue weighted by Crippen LogP contribution is 2.45. The van der Waals surface area contributed by atoms with Gasteiger partial charge in [-0.15, -0.1) is 11.3 Å². The monoisotopic (exact) mass is 475 g/mol. The van der Waals surface area contributed by atoms with Crippen LogP contribution in [0.3, 0.4) is 0 Å². The number of nitrogens with one attached hydrogen (secondary N) is 1. The van der Waals surface area contributed by atoms with Gasteiger partial charge in [0, 0.05) is 17.0 Å². The molecule has 1 aliphatic carbocycles. The summed E-state index contributed by atoms with van der Waals surface area (Å²) in [6.45, 7) is 9.38. The number of rotatable bonds is 7. The molecule has 4 nitrogen and oxygen atoms in total. The SMILES string of the molecule is CC1(C)CCC(C)(C)c2cc(C(=O)OCCc3ccc(NC(=O)Cc4cccs4)cc3)ccc21. The summed E-state index contributed by atoms with van der Waals surface area (Å²) >= 11 is 1.58. The molecule has 1 amide bonds. The van der Waals surface area contributed by atoms with E-state index in [1.165, 1.54) is 11.1 Å². The second-order valence-electron chi connectivity index (χ2n) is 10.4. The average molecular weight is 476 g/mol. The van der Waals surface area contributed by atoms with Crippen LogP contribution in [0, 0.1) is 0 Å². The Morgan fingerprint density at radius 1 is 0.941 bits per heavy atom. The van der Waals surface area contributed by atoms with Gasteiger partial charge in [0.15, 0.2) is 0 Å². The molecule has 1 aliphatic rings. The molecule has 0 saturated heterocycles. The highest BCUT2D eigenvalue weighted by Gasteiger charge is 2.37. The molecule has 1 aromatic heterocycles.